The minimum atomic E-state index is -0.524. The number of carbonyl (C=O) groups is 2. The third-order valence-corrected chi connectivity index (χ3v) is 7.38. The predicted octanol–water partition coefficient (Wildman–Crippen LogP) is 1.67. The molecule has 0 bridgehead atoms. The summed E-state index contributed by atoms with van der Waals surface area (Å²) in [5, 5.41) is 10.5. The van der Waals surface area contributed by atoms with Crippen molar-refractivity contribution in [3.8, 4) is 0 Å². The van der Waals surface area contributed by atoms with E-state index in [4.69, 9.17) is 0 Å². The maximum atomic E-state index is 13.6. The zero-order valence-electron chi connectivity index (χ0n) is 17.0. The predicted molar refractivity (Wildman–Crippen MR) is 108 cm³/mol. The zero-order chi connectivity index (χ0) is 20.3. The van der Waals surface area contributed by atoms with Crippen molar-refractivity contribution in [2.45, 2.75) is 38.3 Å². The largest absolute Gasteiger partial charge is 0.346 e. The first kappa shape index (κ1) is 18.6. The number of nitrogens with one attached hydrogen (secondary N) is 1. The molecule has 2 aliphatic heterocycles. The zero-order valence-corrected chi connectivity index (χ0v) is 17.0. The summed E-state index contributed by atoms with van der Waals surface area (Å²) in [5.74, 6) is -0.960. The van der Waals surface area contributed by atoms with E-state index in [-0.39, 0.29) is 11.3 Å². The van der Waals surface area contributed by atoms with Gasteiger partial charge in [-0.05, 0) is 49.8 Å². The van der Waals surface area contributed by atoms with Crippen LogP contribution in [0, 0.1) is 11.3 Å². The molecule has 3 heterocycles. The average molecular weight is 396 g/mol. The van der Waals surface area contributed by atoms with E-state index < -0.39 is 17.9 Å². The van der Waals surface area contributed by atoms with Crippen LogP contribution in [0.4, 0.5) is 0 Å². The highest BCUT2D eigenvalue weighted by atomic mass is 16.5. The molecule has 1 aromatic heterocycles. The molecule has 1 saturated carbocycles. The van der Waals surface area contributed by atoms with Crippen molar-refractivity contribution in [2.75, 3.05) is 20.1 Å². The van der Waals surface area contributed by atoms with Gasteiger partial charge in [0.05, 0.1) is 12.5 Å². The molecule has 7 heteroatoms. The summed E-state index contributed by atoms with van der Waals surface area (Å²) < 4.78 is 2.19. The van der Waals surface area contributed by atoms with Gasteiger partial charge in [0.2, 0.25) is 11.8 Å². The summed E-state index contributed by atoms with van der Waals surface area (Å²) in [5.41, 5.74) is 5.64. The van der Waals surface area contributed by atoms with Gasteiger partial charge in [0.1, 0.15) is 6.04 Å². The number of amides is 2. The molecule has 5 rings (SSSR count). The molecular weight excluding hydrogens is 368 g/mol. The van der Waals surface area contributed by atoms with Crippen molar-refractivity contribution < 1.29 is 14.8 Å². The number of fused-ring (bicyclic) bond motifs is 3. The summed E-state index contributed by atoms with van der Waals surface area (Å²) in [6.45, 7) is 2.05. The van der Waals surface area contributed by atoms with E-state index in [1.165, 1.54) is 22.2 Å². The second-order valence-electron chi connectivity index (χ2n) is 9.16. The highest BCUT2D eigenvalue weighted by Crippen LogP contribution is 2.54. The van der Waals surface area contributed by atoms with E-state index in [9.17, 15) is 14.8 Å². The topological polar surface area (TPSA) is 77.8 Å². The Bertz CT molecular complexity index is 993. The van der Waals surface area contributed by atoms with Crippen LogP contribution in [-0.2, 0) is 29.6 Å². The van der Waals surface area contributed by atoms with Crippen LogP contribution < -0.4 is 5.48 Å². The second-order valence-corrected chi connectivity index (χ2v) is 9.16. The standard InChI is InChI=1S/C22H28N4O3/c1-24-13-22(8-9-22)11-16(20(27)23-29)19(24)21(28)26-10-7-15-14-5-3-4-6-17(14)25(2)18(15)12-26/h3-6,16,19,29H,7-13H2,1-2H3,(H,23,27)/t16-,19-/m0/s1. The van der Waals surface area contributed by atoms with Gasteiger partial charge >= 0.3 is 0 Å². The van der Waals surface area contributed by atoms with Crippen LogP contribution in [0.2, 0.25) is 0 Å². The highest BCUT2D eigenvalue weighted by molar-refractivity contribution is 5.91. The smallest absolute Gasteiger partial charge is 0.248 e. The number of carbonyl (C=O) groups excluding carboxylic acids is 2. The van der Waals surface area contributed by atoms with Crippen LogP contribution in [0.1, 0.15) is 30.5 Å². The van der Waals surface area contributed by atoms with Crippen molar-refractivity contribution in [2.24, 2.45) is 18.4 Å². The normalized spacial score (nSPS) is 25.8. The molecule has 29 heavy (non-hydrogen) atoms. The Morgan fingerprint density at radius 3 is 2.69 bits per heavy atom. The molecule has 2 amide bonds. The van der Waals surface area contributed by atoms with Crippen LogP contribution >= 0.6 is 0 Å². The van der Waals surface area contributed by atoms with Crippen LogP contribution in [0.3, 0.4) is 0 Å². The highest BCUT2D eigenvalue weighted by Gasteiger charge is 2.55. The molecule has 0 radical (unpaired) electrons. The summed E-state index contributed by atoms with van der Waals surface area (Å²) in [6, 6.07) is 7.84. The molecule has 7 nitrogen and oxygen atoms in total. The summed E-state index contributed by atoms with van der Waals surface area (Å²) in [7, 11) is 3.99. The van der Waals surface area contributed by atoms with Crippen molar-refractivity contribution in [3.63, 3.8) is 0 Å². The lowest BCUT2D eigenvalue weighted by atomic mass is 9.80. The van der Waals surface area contributed by atoms with Crippen molar-refractivity contribution in [1.29, 1.82) is 0 Å². The van der Waals surface area contributed by atoms with Crippen LogP contribution in [-0.4, -0.2) is 57.6 Å². The van der Waals surface area contributed by atoms with Crippen LogP contribution in [0.25, 0.3) is 10.9 Å². The molecule has 154 valence electrons. The number of likely N-dealkylation sites (N-methyl/N-ethyl adjacent to an activating group) is 1. The molecule has 1 saturated heterocycles. The third-order valence-electron chi connectivity index (χ3n) is 7.38. The average Bonchev–Trinajstić information content (AvgIpc) is 3.42. The SMILES string of the molecule is CN1CC2(CC2)C[C@H](C(=O)NO)[C@H]1C(=O)N1CCc2c(n(C)c3ccccc23)C1. The van der Waals surface area contributed by atoms with Gasteiger partial charge in [-0.3, -0.25) is 19.7 Å². The Morgan fingerprint density at radius 2 is 1.97 bits per heavy atom. The Labute approximate surface area is 170 Å². The molecule has 0 unspecified atom stereocenters. The van der Waals surface area contributed by atoms with E-state index in [1.54, 1.807) is 0 Å². The van der Waals surface area contributed by atoms with Gasteiger partial charge < -0.3 is 9.47 Å². The van der Waals surface area contributed by atoms with Crippen LogP contribution in [0.5, 0.6) is 0 Å². The van der Waals surface area contributed by atoms with Gasteiger partial charge in [0, 0.05) is 36.7 Å². The first-order chi connectivity index (χ1) is 13.9. The second kappa shape index (κ2) is 6.57. The maximum Gasteiger partial charge on any atom is 0.248 e. The Balaban J connectivity index is 1.44. The van der Waals surface area contributed by atoms with E-state index in [2.05, 4.69) is 29.8 Å². The molecule has 1 spiro atoms. The Kier molecular flexibility index (Phi) is 4.22. The lowest BCUT2D eigenvalue weighted by Gasteiger charge is -2.43. The fraction of sp³-hybridized carbons (Fsp3) is 0.545. The van der Waals surface area contributed by atoms with Gasteiger partial charge in [-0.1, -0.05) is 18.2 Å². The lowest BCUT2D eigenvalue weighted by molar-refractivity contribution is -0.151. The first-order valence-corrected chi connectivity index (χ1v) is 10.4. The number of para-hydroxylation sites is 1. The summed E-state index contributed by atoms with van der Waals surface area (Å²) in [6.07, 6.45) is 3.68. The number of likely N-dealkylation sites (tertiary alicyclic amines) is 1. The number of hydrogen-bond acceptors (Lipinski definition) is 4. The number of aromatic nitrogens is 1. The number of benzene rings is 1. The number of hydrogen-bond donors (Lipinski definition) is 2. The molecule has 3 aliphatic rings. The van der Waals surface area contributed by atoms with E-state index in [0.717, 1.165) is 25.8 Å². The maximum absolute atomic E-state index is 13.6. The Morgan fingerprint density at radius 1 is 1.21 bits per heavy atom. The minimum absolute atomic E-state index is 0.00694. The number of hydroxylamine groups is 1. The first-order valence-electron chi connectivity index (χ1n) is 10.4. The lowest BCUT2D eigenvalue weighted by Crippen LogP contribution is -2.59. The quantitative estimate of drug-likeness (QED) is 0.598. The van der Waals surface area contributed by atoms with Gasteiger partial charge in [-0.2, -0.15) is 0 Å². The van der Waals surface area contributed by atoms with Crippen molar-refractivity contribution in [1.82, 2.24) is 19.8 Å². The summed E-state index contributed by atoms with van der Waals surface area (Å²) in [4.78, 5) is 29.9. The third kappa shape index (κ3) is 2.87. The molecule has 2 fully saturated rings. The van der Waals surface area contributed by atoms with E-state index in [0.29, 0.717) is 19.5 Å². The van der Waals surface area contributed by atoms with Crippen molar-refractivity contribution in [3.05, 3.63) is 35.5 Å². The molecular formula is C22H28N4O3. The van der Waals surface area contributed by atoms with Gasteiger partial charge in [0.15, 0.2) is 0 Å². The fourth-order valence-corrected chi connectivity index (χ4v) is 5.68. The van der Waals surface area contributed by atoms with Crippen molar-refractivity contribution >= 4 is 22.7 Å². The Hall–Kier alpha value is -2.38. The van der Waals surface area contributed by atoms with Gasteiger partial charge in [-0.25, -0.2) is 5.48 Å². The van der Waals surface area contributed by atoms with Gasteiger partial charge in [0.25, 0.3) is 0 Å². The number of nitrogens with zero attached hydrogens (tertiary/aromatic N) is 3. The number of piperidine rings is 1. The van der Waals surface area contributed by atoms with Gasteiger partial charge in [-0.15, -0.1) is 0 Å². The molecule has 2 atom stereocenters. The number of rotatable bonds is 2. The number of aryl methyl sites for hydroxylation is 1. The molecule has 1 aromatic carbocycles. The molecule has 2 aromatic rings. The van der Waals surface area contributed by atoms with E-state index >= 15 is 0 Å². The summed E-state index contributed by atoms with van der Waals surface area (Å²) >= 11 is 0. The monoisotopic (exact) mass is 396 g/mol. The van der Waals surface area contributed by atoms with E-state index in [1.807, 2.05) is 28.4 Å². The molecule has 1 aliphatic carbocycles. The molecule has 2 N–H and O–H groups in total. The van der Waals surface area contributed by atoms with Crippen LogP contribution in [0.15, 0.2) is 24.3 Å². The minimum Gasteiger partial charge on any atom is -0.346 e. The fourth-order valence-electron chi connectivity index (χ4n) is 5.68.